The van der Waals surface area contributed by atoms with Gasteiger partial charge in [-0.05, 0) is 0 Å². The van der Waals surface area contributed by atoms with Crippen LogP contribution >= 0.6 is 0 Å². The lowest BCUT2D eigenvalue weighted by atomic mass is 10.2. The Balaban J connectivity index is 2.77. The second-order valence-corrected chi connectivity index (χ2v) is 5.09. The molecule has 9 heteroatoms. The molecule has 2 aromatic carbocycles. The molecule has 2 rings (SSSR count). The average Bonchev–Trinajstić information content (AvgIpc) is 2.68. The molecular weight excluding hydrogens is 360 g/mol. The summed E-state index contributed by atoms with van der Waals surface area (Å²) in [6.07, 6.45) is 0. The largest absolute Gasteiger partial charge is 0.504 e. The normalized spacial score (nSPS) is 10.1. The maximum Gasteiger partial charge on any atom is 0.215 e. The number of phenols is 2. The first kappa shape index (κ1) is 20.0. The van der Waals surface area contributed by atoms with E-state index in [1.807, 2.05) is 0 Å². The Kier molecular flexibility index (Phi) is 6.17. The van der Waals surface area contributed by atoms with E-state index in [1.54, 1.807) is 0 Å². The second-order valence-electron chi connectivity index (χ2n) is 5.09. The molecule has 0 bridgehead atoms. The van der Waals surface area contributed by atoms with Crippen LogP contribution in [0.2, 0.25) is 0 Å². The molecule has 0 fully saturated rings. The highest BCUT2D eigenvalue weighted by molar-refractivity contribution is 5.70. The Bertz CT molecular complexity index is 750. The molecule has 148 valence electrons. The van der Waals surface area contributed by atoms with Gasteiger partial charge in [0.15, 0.2) is 23.0 Å². The van der Waals surface area contributed by atoms with Crippen LogP contribution in [0.5, 0.6) is 57.5 Å². The molecular formula is C18H22O9. The lowest BCUT2D eigenvalue weighted by molar-refractivity contribution is 0.285. The highest BCUT2D eigenvalue weighted by Crippen LogP contribution is 2.56. The van der Waals surface area contributed by atoms with E-state index in [2.05, 4.69) is 0 Å². The minimum atomic E-state index is -0.194. The maximum absolute atomic E-state index is 10.1. The third kappa shape index (κ3) is 3.48. The Morgan fingerprint density at radius 2 is 0.815 bits per heavy atom. The number of hydrogen-bond acceptors (Lipinski definition) is 9. The van der Waals surface area contributed by atoms with Crippen molar-refractivity contribution >= 4 is 0 Å². The monoisotopic (exact) mass is 382 g/mol. The summed E-state index contributed by atoms with van der Waals surface area (Å²) in [7, 11) is 8.32. The van der Waals surface area contributed by atoms with Crippen molar-refractivity contribution in [3.8, 4) is 57.5 Å². The average molecular weight is 382 g/mol. The molecule has 9 nitrogen and oxygen atoms in total. The quantitative estimate of drug-likeness (QED) is 0.713. The fourth-order valence-corrected chi connectivity index (χ4v) is 2.54. The van der Waals surface area contributed by atoms with Crippen LogP contribution in [0, 0.1) is 0 Å². The van der Waals surface area contributed by atoms with Crippen LogP contribution in [0.25, 0.3) is 0 Å². The van der Waals surface area contributed by atoms with Gasteiger partial charge in [-0.1, -0.05) is 0 Å². The third-order valence-electron chi connectivity index (χ3n) is 3.73. The number of hydrogen-bond donors (Lipinski definition) is 2. The lowest BCUT2D eigenvalue weighted by Gasteiger charge is -2.21. The third-order valence-corrected chi connectivity index (χ3v) is 3.73. The highest BCUT2D eigenvalue weighted by atomic mass is 16.6. The van der Waals surface area contributed by atoms with Crippen molar-refractivity contribution in [2.45, 2.75) is 0 Å². The van der Waals surface area contributed by atoms with E-state index in [0.717, 1.165) is 0 Å². The number of phenolic OH excluding ortho intramolecular Hbond substituents is 2. The molecule has 0 heterocycles. The molecule has 0 unspecified atom stereocenters. The Hall–Kier alpha value is -3.36. The first-order valence-corrected chi connectivity index (χ1v) is 7.68. The topological polar surface area (TPSA) is 105 Å². The fourth-order valence-electron chi connectivity index (χ4n) is 2.54. The Morgan fingerprint density at radius 3 is 1.07 bits per heavy atom. The molecule has 0 atom stereocenters. The summed E-state index contributed by atoms with van der Waals surface area (Å²) in [5.74, 6) is 0.423. The molecule has 0 aliphatic carbocycles. The number of methoxy groups -OCH3 is 6. The molecule has 0 saturated carbocycles. The number of rotatable bonds is 8. The molecule has 2 aromatic rings. The predicted molar refractivity (Wildman–Crippen MR) is 95.6 cm³/mol. The van der Waals surface area contributed by atoms with Gasteiger partial charge in [-0.3, -0.25) is 0 Å². The number of aromatic hydroxyl groups is 2. The zero-order chi connectivity index (χ0) is 20.1. The molecule has 0 aliphatic rings. The molecule has 0 saturated heterocycles. The van der Waals surface area contributed by atoms with Crippen molar-refractivity contribution < 1.29 is 43.4 Å². The van der Waals surface area contributed by atoms with Gasteiger partial charge in [0, 0.05) is 12.1 Å². The highest BCUT2D eigenvalue weighted by Gasteiger charge is 2.28. The minimum Gasteiger partial charge on any atom is -0.504 e. The van der Waals surface area contributed by atoms with E-state index >= 15 is 0 Å². The van der Waals surface area contributed by atoms with E-state index in [0.29, 0.717) is 0 Å². The first-order valence-electron chi connectivity index (χ1n) is 7.68. The van der Waals surface area contributed by atoms with Gasteiger partial charge in [-0.25, -0.2) is 0 Å². The van der Waals surface area contributed by atoms with Crippen LogP contribution in [-0.4, -0.2) is 52.9 Å². The summed E-state index contributed by atoms with van der Waals surface area (Å²) < 4.78 is 37.6. The van der Waals surface area contributed by atoms with Gasteiger partial charge in [0.1, 0.15) is 0 Å². The van der Waals surface area contributed by atoms with Crippen molar-refractivity contribution in [3.05, 3.63) is 12.1 Å². The summed E-state index contributed by atoms with van der Waals surface area (Å²) in [6.45, 7) is 0. The van der Waals surface area contributed by atoms with Gasteiger partial charge in [0.05, 0.1) is 42.7 Å². The standard InChI is InChI=1S/C18H22O9/c1-21-11-7-9(19)13(23-3)17(25-5)15(11)27-16-12(22-2)8-10(20)14(24-4)18(16)26-6/h7-8,19-20H,1-6H3. The summed E-state index contributed by atoms with van der Waals surface area (Å²) in [6, 6.07) is 2.63. The summed E-state index contributed by atoms with van der Waals surface area (Å²) in [5.41, 5.74) is 0. The number of benzene rings is 2. The fraction of sp³-hybridized carbons (Fsp3) is 0.333. The molecule has 0 amide bonds. The zero-order valence-electron chi connectivity index (χ0n) is 15.9. The Morgan fingerprint density at radius 1 is 0.481 bits per heavy atom. The molecule has 27 heavy (non-hydrogen) atoms. The van der Waals surface area contributed by atoms with E-state index in [1.165, 1.54) is 54.8 Å². The minimum absolute atomic E-state index is 0.0528. The van der Waals surface area contributed by atoms with Crippen LogP contribution in [0.1, 0.15) is 0 Å². The van der Waals surface area contributed by atoms with Crippen LogP contribution in [-0.2, 0) is 0 Å². The van der Waals surface area contributed by atoms with Crippen molar-refractivity contribution in [1.82, 2.24) is 0 Å². The van der Waals surface area contributed by atoms with Gasteiger partial charge in [0.2, 0.25) is 34.5 Å². The van der Waals surface area contributed by atoms with E-state index in [4.69, 9.17) is 33.2 Å². The molecule has 0 spiro atoms. The number of ether oxygens (including phenoxy) is 7. The van der Waals surface area contributed by atoms with Gasteiger partial charge in [-0.15, -0.1) is 0 Å². The smallest absolute Gasteiger partial charge is 0.215 e. The van der Waals surface area contributed by atoms with Crippen LogP contribution in [0.3, 0.4) is 0 Å². The summed E-state index contributed by atoms with van der Waals surface area (Å²) in [5, 5.41) is 20.2. The van der Waals surface area contributed by atoms with Gasteiger partial charge in [0.25, 0.3) is 0 Å². The molecule has 2 N–H and O–H groups in total. The molecule has 0 radical (unpaired) electrons. The van der Waals surface area contributed by atoms with Gasteiger partial charge < -0.3 is 43.4 Å². The van der Waals surface area contributed by atoms with Gasteiger partial charge >= 0.3 is 0 Å². The first-order chi connectivity index (χ1) is 13.0. The zero-order valence-corrected chi connectivity index (χ0v) is 15.9. The van der Waals surface area contributed by atoms with Crippen molar-refractivity contribution in [3.63, 3.8) is 0 Å². The van der Waals surface area contributed by atoms with Crippen molar-refractivity contribution in [1.29, 1.82) is 0 Å². The predicted octanol–water partition coefficient (Wildman–Crippen LogP) is 2.94. The van der Waals surface area contributed by atoms with Gasteiger partial charge in [-0.2, -0.15) is 0 Å². The van der Waals surface area contributed by atoms with E-state index in [9.17, 15) is 10.2 Å². The Labute approximate surface area is 156 Å². The molecule has 0 aromatic heterocycles. The summed E-state index contributed by atoms with van der Waals surface area (Å²) >= 11 is 0. The SMILES string of the molecule is COc1cc(O)c(OC)c(OC)c1Oc1c(OC)cc(O)c(OC)c1OC. The van der Waals surface area contributed by atoms with Crippen LogP contribution in [0.15, 0.2) is 12.1 Å². The van der Waals surface area contributed by atoms with Crippen molar-refractivity contribution in [2.75, 3.05) is 42.7 Å². The van der Waals surface area contributed by atoms with Crippen LogP contribution < -0.4 is 33.2 Å². The second kappa shape index (κ2) is 8.35. The lowest BCUT2D eigenvalue weighted by Crippen LogP contribution is -2.01. The maximum atomic E-state index is 10.1. The van der Waals surface area contributed by atoms with E-state index < -0.39 is 0 Å². The van der Waals surface area contributed by atoms with Crippen LogP contribution in [0.4, 0.5) is 0 Å². The molecule has 0 aliphatic heterocycles. The van der Waals surface area contributed by atoms with Crippen molar-refractivity contribution in [2.24, 2.45) is 0 Å². The summed E-state index contributed by atoms with van der Waals surface area (Å²) in [4.78, 5) is 0. The van der Waals surface area contributed by atoms with E-state index in [-0.39, 0.29) is 57.5 Å².